The van der Waals surface area contributed by atoms with Crippen LogP contribution in [0.2, 0.25) is 0 Å². The molecule has 0 unspecified atom stereocenters. The Hall–Kier alpha value is 0.0787. The average Bonchev–Trinajstić information content (AvgIpc) is 1.72. The van der Waals surface area contributed by atoms with Crippen molar-refractivity contribution in [3.8, 4) is 0 Å². The molecule has 0 aromatic heterocycles. The van der Waals surface area contributed by atoms with Crippen LogP contribution in [0.1, 0.15) is 0 Å². The minimum atomic E-state index is -0.481. The molecule has 1 heterocycles. The molecule has 30 valence electrons. The standard InChI is InChI=1S/C4H5O.Sn/c1-2-3-4-5;/h1-5H;/q;+1/p-1. The van der Waals surface area contributed by atoms with Crippen LogP contribution in [-0.4, -0.2) is 21.6 Å². The molecule has 1 aliphatic heterocycles. The third-order valence-corrected chi connectivity index (χ3v) is 2.20. The van der Waals surface area contributed by atoms with Gasteiger partial charge < -0.3 is 0 Å². The van der Waals surface area contributed by atoms with Crippen LogP contribution in [0, 0.1) is 0 Å². The van der Waals surface area contributed by atoms with Gasteiger partial charge in [0.1, 0.15) is 0 Å². The van der Waals surface area contributed by atoms with Crippen molar-refractivity contribution in [2.45, 2.75) is 0 Å². The predicted octanol–water partition coefficient (Wildman–Crippen LogP) is 0.663. The average molecular weight is 187 g/mol. The summed E-state index contributed by atoms with van der Waals surface area (Å²) in [5.41, 5.74) is 0. The van der Waals surface area contributed by atoms with Gasteiger partial charge in [-0.1, -0.05) is 0 Å². The van der Waals surface area contributed by atoms with Crippen molar-refractivity contribution in [1.29, 1.82) is 0 Å². The van der Waals surface area contributed by atoms with Crippen LogP contribution in [0.4, 0.5) is 0 Å². The SMILES string of the molecule is C1=C[O][Sn][CH]=C1. The first-order chi connectivity index (χ1) is 3.00. The van der Waals surface area contributed by atoms with Gasteiger partial charge in [0.15, 0.2) is 0 Å². The van der Waals surface area contributed by atoms with Crippen LogP contribution in [-0.2, 0) is 3.07 Å². The van der Waals surface area contributed by atoms with E-state index in [0.717, 1.165) is 0 Å². The molecular formula is C4H4OSn. The Kier molecular flexibility index (Phi) is 1.62. The van der Waals surface area contributed by atoms with Gasteiger partial charge in [-0.2, -0.15) is 0 Å². The number of rotatable bonds is 0. The van der Waals surface area contributed by atoms with Gasteiger partial charge in [-0.15, -0.1) is 0 Å². The molecule has 2 radical (unpaired) electrons. The van der Waals surface area contributed by atoms with Gasteiger partial charge >= 0.3 is 47.1 Å². The fraction of sp³-hybridized carbons (Fsp3) is 0. The van der Waals surface area contributed by atoms with E-state index >= 15 is 0 Å². The Bertz CT molecular complexity index is 73.5. The summed E-state index contributed by atoms with van der Waals surface area (Å²) in [5, 5.41) is 0. The van der Waals surface area contributed by atoms with E-state index in [9.17, 15) is 0 Å². The summed E-state index contributed by atoms with van der Waals surface area (Å²) in [6, 6.07) is 0. The molecule has 0 saturated carbocycles. The molecule has 0 bridgehead atoms. The zero-order valence-electron chi connectivity index (χ0n) is 3.22. The summed E-state index contributed by atoms with van der Waals surface area (Å²) >= 11 is -0.481. The van der Waals surface area contributed by atoms with Crippen molar-refractivity contribution in [1.82, 2.24) is 0 Å². The molecule has 1 rings (SSSR count). The monoisotopic (exact) mass is 188 g/mol. The number of hydrogen-bond donors (Lipinski definition) is 0. The fourth-order valence-electron chi connectivity index (χ4n) is 0.258. The van der Waals surface area contributed by atoms with E-state index in [4.69, 9.17) is 3.07 Å². The molecule has 0 aliphatic carbocycles. The molecule has 0 spiro atoms. The van der Waals surface area contributed by atoms with Crippen LogP contribution < -0.4 is 0 Å². The molecule has 0 atom stereocenters. The molecule has 0 N–H and O–H groups in total. The topological polar surface area (TPSA) is 9.23 Å². The summed E-state index contributed by atoms with van der Waals surface area (Å²) in [4.78, 5) is 0. The van der Waals surface area contributed by atoms with Crippen LogP contribution in [0.3, 0.4) is 0 Å². The van der Waals surface area contributed by atoms with Crippen molar-refractivity contribution in [2.24, 2.45) is 0 Å². The molecule has 2 heteroatoms. The first-order valence-corrected chi connectivity index (χ1v) is 4.54. The van der Waals surface area contributed by atoms with Crippen LogP contribution in [0.25, 0.3) is 0 Å². The first kappa shape index (κ1) is 4.24. The van der Waals surface area contributed by atoms with Crippen molar-refractivity contribution in [3.63, 3.8) is 0 Å². The summed E-state index contributed by atoms with van der Waals surface area (Å²) < 4.78 is 7.10. The van der Waals surface area contributed by atoms with E-state index in [1.54, 1.807) is 6.26 Å². The van der Waals surface area contributed by atoms with Crippen molar-refractivity contribution in [3.05, 3.63) is 22.5 Å². The Balaban J connectivity index is 2.46. The van der Waals surface area contributed by atoms with E-state index in [0.29, 0.717) is 0 Å². The Labute approximate surface area is 47.5 Å². The molecule has 0 saturated heterocycles. The third-order valence-electron chi connectivity index (χ3n) is 0.490. The second-order valence-corrected chi connectivity index (χ2v) is 3.22. The van der Waals surface area contributed by atoms with E-state index in [-0.39, 0.29) is 0 Å². The third kappa shape index (κ3) is 1.05. The van der Waals surface area contributed by atoms with E-state index < -0.39 is 21.6 Å². The van der Waals surface area contributed by atoms with Gasteiger partial charge in [0.05, 0.1) is 0 Å². The Morgan fingerprint density at radius 3 is 2.50 bits per heavy atom. The van der Waals surface area contributed by atoms with Gasteiger partial charge in [0.25, 0.3) is 0 Å². The van der Waals surface area contributed by atoms with Crippen molar-refractivity contribution < 1.29 is 3.07 Å². The second-order valence-electron chi connectivity index (χ2n) is 0.923. The van der Waals surface area contributed by atoms with E-state index in [1.807, 2.05) is 12.2 Å². The van der Waals surface area contributed by atoms with Crippen LogP contribution >= 0.6 is 0 Å². The molecule has 1 nitrogen and oxygen atoms in total. The summed E-state index contributed by atoms with van der Waals surface area (Å²) in [5.74, 6) is 0. The van der Waals surface area contributed by atoms with Gasteiger partial charge in [-0.25, -0.2) is 0 Å². The van der Waals surface area contributed by atoms with E-state index in [1.165, 1.54) is 0 Å². The summed E-state index contributed by atoms with van der Waals surface area (Å²) in [6.45, 7) is 0. The molecule has 1 aliphatic rings. The van der Waals surface area contributed by atoms with Crippen molar-refractivity contribution in [2.75, 3.05) is 0 Å². The second kappa shape index (κ2) is 2.29. The molecule has 0 amide bonds. The number of hydrogen-bond acceptors (Lipinski definition) is 1. The molecule has 6 heavy (non-hydrogen) atoms. The first-order valence-electron chi connectivity index (χ1n) is 1.73. The quantitative estimate of drug-likeness (QED) is 0.506. The summed E-state index contributed by atoms with van der Waals surface area (Å²) in [7, 11) is 0. The van der Waals surface area contributed by atoms with Gasteiger partial charge in [0, 0.05) is 0 Å². The molecular weight excluding hydrogens is 183 g/mol. The predicted molar refractivity (Wildman–Crippen MR) is 25.1 cm³/mol. The maximum atomic E-state index is 4.97. The van der Waals surface area contributed by atoms with Gasteiger partial charge in [-0.05, 0) is 0 Å². The fourth-order valence-corrected chi connectivity index (χ4v) is 1.47. The van der Waals surface area contributed by atoms with Crippen LogP contribution in [0.15, 0.2) is 22.5 Å². The zero-order chi connectivity index (χ0) is 4.24. The van der Waals surface area contributed by atoms with Gasteiger partial charge in [0.2, 0.25) is 0 Å². The Morgan fingerprint density at radius 2 is 2.33 bits per heavy atom. The van der Waals surface area contributed by atoms with Crippen molar-refractivity contribution >= 4 is 21.6 Å². The molecule has 0 fully saturated rings. The zero-order valence-corrected chi connectivity index (χ0v) is 6.07. The normalized spacial score (nSPS) is 17.3. The summed E-state index contributed by atoms with van der Waals surface area (Å²) in [6.07, 6.45) is 5.70. The van der Waals surface area contributed by atoms with Crippen LogP contribution in [0.5, 0.6) is 0 Å². The van der Waals surface area contributed by atoms with E-state index in [2.05, 4.69) is 4.09 Å². The molecule has 0 aromatic carbocycles. The maximum absolute atomic E-state index is 4.97. The Morgan fingerprint density at radius 1 is 1.33 bits per heavy atom. The molecule has 0 aromatic rings. The number of allylic oxidation sites excluding steroid dienone is 2. The minimum absolute atomic E-state index is 0.481. The van der Waals surface area contributed by atoms with Gasteiger partial charge in [-0.3, -0.25) is 0 Å².